The van der Waals surface area contributed by atoms with E-state index in [0.717, 1.165) is 16.7 Å². The summed E-state index contributed by atoms with van der Waals surface area (Å²) in [6.45, 7) is 6.33. The Hall–Kier alpha value is -3.23. The highest BCUT2D eigenvalue weighted by Gasteiger charge is 2.48. The van der Waals surface area contributed by atoms with Crippen LogP contribution in [0.5, 0.6) is 0 Å². The monoisotopic (exact) mass is 519 g/mol. The van der Waals surface area contributed by atoms with Gasteiger partial charge >= 0.3 is 6.09 Å². The number of rotatable bonds is 9. The Kier molecular flexibility index (Phi) is 9.53. The van der Waals surface area contributed by atoms with Gasteiger partial charge in [0.2, 0.25) is 0 Å². The van der Waals surface area contributed by atoms with Gasteiger partial charge in [0.1, 0.15) is 23.9 Å². The molecule has 38 heavy (non-hydrogen) atoms. The van der Waals surface area contributed by atoms with Crippen LogP contribution in [0, 0.1) is 0 Å². The van der Waals surface area contributed by atoms with E-state index in [2.05, 4.69) is 0 Å². The lowest BCUT2D eigenvalue weighted by molar-refractivity contribution is -0.235. The number of hydrogen-bond donors (Lipinski definition) is 1. The molecular weight excluding hydrogens is 482 g/mol. The highest BCUT2D eigenvalue weighted by Crippen LogP contribution is 2.29. The molecule has 202 valence electrons. The molecule has 0 saturated carbocycles. The predicted molar refractivity (Wildman–Crippen MR) is 144 cm³/mol. The fourth-order valence-corrected chi connectivity index (χ4v) is 4.31. The maximum atomic E-state index is 13.1. The summed E-state index contributed by atoms with van der Waals surface area (Å²) in [4.78, 5) is 14.4. The van der Waals surface area contributed by atoms with E-state index >= 15 is 0 Å². The molecule has 3 aromatic rings. The number of carbonyl (C=O) groups is 1. The van der Waals surface area contributed by atoms with E-state index in [1.165, 1.54) is 4.90 Å². The zero-order valence-electron chi connectivity index (χ0n) is 22.2. The van der Waals surface area contributed by atoms with Crippen LogP contribution in [0.25, 0.3) is 0 Å². The van der Waals surface area contributed by atoms with Crippen molar-refractivity contribution in [2.24, 2.45) is 0 Å². The van der Waals surface area contributed by atoms with Crippen molar-refractivity contribution in [3.63, 3.8) is 0 Å². The molecule has 1 saturated heterocycles. The first-order valence-corrected chi connectivity index (χ1v) is 12.9. The lowest BCUT2D eigenvalue weighted by atomic mass is 9.99. The van der Waals surface area contributed by atoms with Gasteiger partial charge in [0, 0.05) is 0 Å². The van der Waals surface area contributed by atoms with Crippen molar-refractivity contribution in [1.82, 2.24) is 4.90 Å². The van der Waals surface area contributed by atoms with Crippen LogP contribution in [-0.4, -0.2) is 52.8 Å². The molecule has 1 heterocycles. The summed E-state index contributed by atoms with van der Waals surface area (Å²) in [5.41, 5.74) is 2.20. The molecule has 3 aromatic carbocycles. The molecular formula is C31H37NO6. The van der Waals surface area contributed by atoms with Crippen LogP contribution in [0.15, 0.2) is 91.0 Å². The van der Waals surface area contributed by atoms with Crippen molar-refractivity contribution in [3.05, 3.63) is 108 Å². The molecule has 1 fully saturated rings. The Morgan fingerprint density at radius 2 is 1.16 bits per heavy atom. The van der Waals surface area contributed by atoms with Crippen molar-refractivity contribution in [1.29, 1.82) is 0 Å². The van der Waals surface area contributed by atoms with Crippen molar-refractivity contribution < 1.29 is 28.8 Å². The number of amides is 1. The highest BCUT2D eigenvalue weighted by atomic mass is 16.6. The summed E-state index contributed by atoms with van der Waals surface area (Å²) in [5.74, 6) is 0. The second-order valence-corrected chi connectivity index (χ2v) is 10.4. The standard InChI is InChI=1S/C31H37NO6/c1-31(2,3)38-30(34)32-19-26(35-20-23-13-7-4-8-14-23)27(36-21-24-15-9-5-10-16-24)28(29(32)33)37-22-25-17-11-6-12-18-25/h4-18,26-29,33H,19-22H2,1-3H3/t26-,27-,28+,29+/m1/s1. The SMILES string of the molecule is CC(C)(C)OC(=O)N1C[C@@H](OCc2ccccc2)[C@@H](OCc2ccccc2)[C@H](OCc2ccccc2)[C@@H]1O. The van der Waals surface area contributed by atoms with Gasteiger partial charge < -0.3 is 24.1 Å². The Morgan fingerprint density at radius 1 is 0.737 bits per heavy atom. The average Bonchev–Trinajstić information content (AvgIpc) is 2.91. The second kappa shape index (κ2) is 13.0. The maximum absolute atomic E-state index is 13.1. The Labute approximate surface area is 224 Å². The van der Waals surface area contributed by atoms with Gasteiger partial charge in [-0.15, -0.1) is 0 Å². The van der Waals surface area contributed by atoms with Gasteiger partial charge in [-0.2, -0.15) is 0 Å². The number of ether oxygens (including phenoxy) is 4. The van der Waals surface area contributed by atoms with E-state index in [9.17, 15) is 9.90 Å². The van der Waals surface area contributed by atoms with E-state index < -0.39 is 36.2 Å². The van der Waals surface area contributed by atoms with Gasteiger partial charge in [0.25, 0.3) is 0 Å². The fraction of sp³-hybridized carbons (Fsp3) is 0.387. The minimum Gasteiger partial charge on any atom is -0.444 e. The summed E-state index contributed by atoms with van der Waals surface area (Å²) >= 11 is 0. The lowest BCUT2D eigenvalue weighted by Gasteiger charge is -2.46. The molecule has 0 radical (unpaired) electrons. The number of piperidine rings is 1. The van der Waals surface area contributed by atoms with Gasteiger partial charge in [-0.1, -0.05) is 91.0 Å². The number of likely N-dealkylation sites (tertiary alicyclic amines) is 1. The van der Waals surface area contributed by atoms with E-state index in [1.807, 2.05) is 91.0 Å². The quantitative estimate of drug-likeness (QED) is 0.413. The zero-order valence-corrected chi connectivity index (χ0v) is 22.2. The minimum atomic E-state index is -1.29. The van der Waals surface area contributed by atoms with Crippen molar-refractivity contribution in [2.75, 3.05) is 6.54 Å². The number of nitrogens with zero attached hydrogens (tertiary/aromatic N) is 1. The van der Waals surface area contributed by atoms with Crippen LogP contribution in [0.1, 0.15) is 37.5 Å². The molecule has 0 aliphatic carbocycles. The van der Waals surface area contributed by atoms with Gasteiger partial charge in [-0.05, 0) is 37.5 Å². The van der Waals surface area contributed by atoms with E-state index in [1.54, 1.807) is 20.8 Å². The van der Waals surface area contributed by atoms with Gasteiger partial charge in [0.05, 0.1) is 26.4 Å². The van der Waals surface area contributed by atoms with E-state index in [4.69, 9.17) is 18.9 Å². The third-order valence-corrected chi connectivity index (χ3v) is 6.19. The number of carbonyl (C=O) groups excluding carboxylic acids is 1. The summed E-state index contributed by atoms with van der Waals surface area (Å²) in [7, 11) is 0. The summed E-state index contributed by atoms with van der Waals surface area (Å²) < 4.78 is 24.6. The average molecular weight is 520 g/mol. The van der Waals surface area contributed by atoms with E-state index in [-0.39, 0.29) is 13.2 Å². The molecule has 4 atom stereocenters. The maximum Gasteiger partial charge on any atom is 0.412 e. The normalized spacial score (nSPS) is 21.7. The number of aliphatic hydroxyl groups excluding tert-OH is 1. The topological polar surface area (TPSA) is 77.5 Å². The van der Waals surface area contributed by atoms with Crippen LogP contribution in [0.2, 0.25) is 0 Å². The molecule has 1 amide bonds. The van der Waals surface area contributed by atoms with Crippen molar-refractivity contribution in [2.45, 2.75) is 70.7 Å². The van der Waals surface area contributed by atoms with Crippen LogP contribution in [0.4, 0.5) is 4.79 Å². The van der Waals surface area contributed by atoms with Gasteiger partial charge in [-0.25, -0.2) is 4.79 Å². The van der Waals surface area contributed by atoms with Crippen molar-refractivity contribution in [3.8, 4) is 0 Å². The molecule has 7 heteroatoms. The van der Waals surface area contributed by atoms with Crippen LogP contribution >= 0.6 is 0 Å². The second-order valence-electron chi connectivity index (χ2n) is 10.4. The van der Waals surface area contributed by atoms with Crippen LogP contribution in [-0.2, 0) is 38.8 Å². The van der Waals surface area contributed by atoms with E-state index in [0.29, 0.717) is 13.2 Å². The number of aliphatic hydroxyl groups is 1. The number of benzene rings is 3. The lowest BCUT2D eigenvalue weighted by Crippen LogP contribution is -2.65. The molecule has 0 bridgehead atoms. The Morgan fingerprint density at radius 3 is 1.61 bits per heavy atom. The molecule has 0 aromatic heterocycles. The van der Waals surface area contributed by atoms with Crippen LogP contribution in [0.3, 0.4) is 0 Å². The summed E-state index contributed by atoms with van der Waals surface area (Å²) in [5, 5.41) is 11.4. The zero-order chi connectivity index (χ0) is 27.0. The molecule has 4 rings (SSSR count). The minimum absolute atomic E-state index is 0.0908. The molecule has 0 spiro atoms. The highest BCUT2D eigenvalue weighted by molar-refractivity contribution is 5.68. The van der Waals surface area contributed by atoms with Crippen LogP contribution < -0.4 is 0 Å². The Bertz CT molecular complexity index is 1120. The molecule has 7 nitrogen and oxygen atoms in total. The van der Waals surface area contributed by atoms with Gasteiger partial charge in [-0.3, -0.25) is 4.90 Å². The molecule has 1 aliphatic heterocycles. The van der Waals surface area contributed by atoms with Gasteiger partial charge in [0.15, 0.2) is 6.23 Å². The third kappa shape index (κ3) is 7.88. The molecule has 0 unspecified atom stereocenters. The molecule has 1 aliphatic rings. The first kappa shape index (κ1) is 27.8. The fourth-order valence-electron chi connectivity index (χ4n) is 4.31. The number of hydrogen-bond acceptors (Lipinski definition) is 6. The first-order valence-electron chi connectivity index (χ1n) is 12.9. The molecule has 1 N–H and O–H groups in total. The smallest absolute Gasteiger partial charge is 0.412 e. The van der Waals surface area contributed by atoms with Crippen molar-refractivity contribution >= 4 is 6.09 Å². The first-order chi connectivity index (χ1) is 18.3. The Balaban J connectivity index is 1.60. The largest absolute Gasteiger partial charge is 0.444 e. The summed E-state index contributed by atoms with van der Waals surface area (Å²) in [6, 6.07) is 29.3. The third-order valence-electron chi connectivity index (χ3n) is 6.19. The summed E-state index contributed by atoms with van der Waals surface area (Å²) in [6.07, 6.45) is -4.01. The predicted octanol–water partition coefficient (Wildman–Crippen LogP) is 5.31.